The summed E-state index contributed by atoms with van der Waals surface area (Å²) in [5.74, 6) is -0.187. The van der Waals surface area contributed by atoms with Crippen LogP contribution in [0, 0.1) is 0 Å². The first-order valence-corrected chi connectivity index (χ1v) is 4.41. The van der Waals surface area contributed by atoms with Gasteiger partial charge in [-0.15, -0.1) is 0 Å². The normalized spacial score (nSPS) is 9.69. The molecule has 1 aromatic carbocycles. The van der Waals surface area contributed by atoms with Gasteiger partial charge >= 0.3 is 5.97 Å². The maximum absolute atomic E-state index is 11.0. The number of hydrogen-bond donors (Lipinski definition) is 0. The van der Waals surface area contributed by atoms with E-state index in [1.807, 2.05) is 18.2 Å². The number of aryl methyl sites for hydroxylation is 1. The quantitative estimate of drug-likeness (QED) is 0.661. The highest BCUT2D eigenvalue weighted by Gasteiger charge is 2.02. The molecule has 0 atom stereocenters. The first-order chi connectivity index (χ1) is 6.26. The summed E-state index contributed by atoms with van der Waals surface area (Å²) in [5, 5.41) is 0. The number of hydrogen-bond acceptors (Lipinski definition) is 2. The van der Waals surface area contributed by atoms with Crippen molar-refractivity contribution in [1.29, 1.82) is 0 Å². The van der Waals surface area contributed by atoms with Crippen LogP contribution in [0.4, 0.5) is 0 Å². The number of rotatable bonds is 3. The SMILES string of the molecule is CCc1cccc(CC(=O)OC)c1. The standard InChI is InChI=1S/C11H14O2/c1-3-9-5-4-6-10(7-9)8-11(12)13-2/h4-7H,3,8H2,1-2H3. The van der Waals surface area contributed by atoms with Gasteiger partial charge in [0.1, 0.15) is 0 Å². The summed E-state index contributed by atoms with van der Waals surface area (Å²) in [6.07, 6.45) is 1.36. The predicted octanol–water partition coefficient (Wildman–Crippen LogP) is 1.96. The van der Waals surface area contributed by atoms with E-state index in [0.717, 1.165) is 12.0 Å². The van der Waals surface area contributed by atoms with Crippen molar-refractivity contribution >= 4 is 5.97 Å². The third kappa shape index (κ3) is 2.90. The molecule has 0 bridgehead atoms. The van der Waals surface area contributed by atoms with Crippen LogP contribution >= 0.6 is 0 Å². The average molecular weight is 178 g/mol. The molecule has 1 rings (SSSR count). The Morgan fingerprint density at radius 1 is 1.38 bits per heavy atom. The molecule has 0 N–H and O–H groups in total. The molecule has 2 heteroatoms. The van der Waals surface area contributed by atoms with Crippen LogP contribution in [-0.2, 0) is 22.4 Å². The summed E-state index contributed by atoms with van der Waals surface area (Å²) in [7, 11) is 1.41. The van der Waals surface area contributed by atoms with Crippen molar-refractivity contribution in [3.8, 4) is 0 Å². The monoisotopic (exact) mass is 178 g/mol. The average Bonchev–Trinajstić information content (AvgIpc) is 2.18. The van der Waals surface area contributed by atoms with Gasteiger partial charge in [-0.3, -0.25) is 4.79 Å². The van der Waals surface area contributed by atoms with E-state index in [2.05, 4.69) is 17.7 Å². The van der Waals surface area contributed by atoms with E-state index in [-0.39, 0.29) is 5.97 Å². The van der Waals surface area contributed by atoms with Crippen LogP contribution in [0.2, 0.25) is 0 Å². The summed E-state index contributed by atoms with van der Waals surface area (Å²) in [4.78, 5) is 11.0. The first-order valence-electron chi connectivity index (χ1n) is 4.41. The topological polar surface area (TPSA) is 26.3 Å². The molecule has 0 amide bonds. The van der Waals surface area contributed by atoms with Crippen molar-refractivity contribution in [3.05, 3.63) is 35.4 Å². The summed E-state index contributed by atoms with van der Waals surface area (Å²) < 4.78 is 4.59. The predicted molar refractivity (Wildman–Crippen MR) is 51.5 cm³/mol. The lowest BCUT2D eigenvalue weighted by Crippen LogP contribution is -2.04. The highest BCUT2D eigenvalue weighted by molar-refractivity contribution is 5.72. The highest BCUT2D eigenvalue weighted by atomic mass is 16.5. The van der Waals surface area contributed by atoms with Gasteiger partial charge < -0.3 is 4.74 Å². The second kappa shape index (κ2) is 4.65. The molecular formula is C11H14O2. The van der Waals surface area contributed by atoms with Crippen LogP contribution in [0.5, 0.6) is 0 Å². The zero-order valence-electron chi connectivity index (χ0n) is 8.04. The van der Waals surface area contributed by atoms with Gasteiger partial charge in [0.25, 0.3) is 0 Å². The largest absolute Gasteiger partial charge is 0.469 e. The molecule has 0 fully saturated rings. The van der Waals surface area contributed by atoms with Crippen LogP contribution in [-0.4, -0.2) is 13.1 Å². The van der Waals surface area contributed by atoms with Crippen LogP contribution < -0.4 is 0 Å². The number of esters is 1. The lowest BCUT2D eigenvalue weighted by Gasteiger charge is -2.01. The van der Waals surface area contributed by atoms with E-state index >= 15 is 0 Å². The molecule has 0 spiro atoms. The molecule has 2 nitrogen and oxygen atoms in total. The van der Waals surface area contributed by atoms with E-state index in [0.29, 0.717) is 6.42 Å². The smallest absolute Gasteiger partial charge is 0.309 e. The van der Waals surface area contributed by atoms with Crippen molar-refractivity contribution in [3.63, 3.8) is 0 Å². The summed E-state index contributed by atoms with van der Waals surface area (Å²) >= 11 is 0. The fraction of sp³-hybridized carbons (Fsp3) is 0.364. The van der Waals surface area contributed by atoms with Crippen LogP contribution in [0.1, 0.15) is 18.1 Å². The zero-order valence-corrected chi connectivity index (χ0v) is 8.04. The number of methoxy groups -OCH3 is 1. The summed E-state index contributed by atoms with van der Waals surface area (Å²) in [6.45, 7) is 2.09. The molecule has 0 aliphatic heterocycles. The maximum Gasteiger partial charge on any atom is 0.309 e. The molecular weight excluding hydrogens is 164 g/mol. The Morgan fingerprint density at radius 3 is 2.69 bits per heavy atom. The Kier molecular flexibility index (Phi) is 3.50. The van der Waals surface area contributed by atoms with E-state index in [4.69, 9.17) is 0 Å². The molecule has 0 radical (unpaired) electrons. The Hall–Kier alpha value is -1.31. The Labute approximate surface area is 78.5 Å². The minimum atomic E-state index is -0.187. The Bertz CT molecular complexity index is 292. The minimum Gasteiger partial charge on any atom is -0.469 e. The summed E-state index contributed by atoms with van der Waals surface area (Å²) in [6, 6.07) is 8.00. The van der Waals surface area contributed by atoms with Gasteiger partial charge in [0.05, 0.1) is 13.5 Å². The second-order valence-electron chi connectivity index (χ2n) is 2.93. The Morgan fingerprint density at radius 2 is 2.08 bits per heavy atom. The molecule has 0 aliphatic rings. The van der Waals surface area contributed by atoms with Crippen LogP contribution in [0.25, 0.3) is 0 Å². The molecule has 0 saturated carbocycles. The highest BCUT2D eigenvalue weighted by Crippen LogP contribution is 2.06. The Balaban J connectivity index is 2.71. The van der Waals surface area contributed by atoms with Gasteiger partial charge in [-0.2, -0.15) is 0 Å². The number of benzene rings is 1. The number of carbonyl (C=O) groups is 1. The van der Waals surface area contributed by atoms with Crippen molar-refractivity contribution in [2.24, 2.45) is 0 Å². The molecule has 1 aromatic rings. The summed E-state index contributed by atoms with van der Waals surface area (Å²) in [5.41, 5.74) is 2.27. The van der Waals surface area contributed by atoms with Crippen LogP contribution in [0.3, 0.4) is 0 Å². The number of carbonyl (C=O) groups excluding carboxylic acids is 1. The third-order valence-electron chi connectivity index (χ3n) is 1.98. The van der Waals surface area contributed by atoms with Gasteiger partial charge in [0.2, 0.25) is 0 Å². The minimum absolute atomic E-state index is 0.187. The molecule has 0 aromatic heterocycles. The van der Waals surface area contributed by atoms with Gasteiger partial charge in [0, 0.05) is 0 Å². The van der Waals surface area contributed by atoms with Crippen molar-refractivity contribution in [1.82, 2.24) is 0 Å². The fourth-order valence-electron chi connectivity index (χ4n) is 1.20. The molecule has 0 saturated heterocycles. The van der Waals surface area contributed by atoms with E-state index in [9.17, 15) is 4.79 Å². The maximum atomic E-state index is 11.0. The lowest BCUT2D eigenvalue weighted by molar-refractivity contribution is -0.139. The van der Waals surface area contributed by atoms with Crippen molar-refractivity contribution < 1.29 is 9.53 Å². The fourth-order valence-corrected chi connectivity index (χ4v) is 1.20. The lowest BCUT2D eigenvalue weighted by atomic mass is 10.1. The van der Waals surface area contributed by atoms with Gasteiger partial charge in [-0.25, -0.2) is 0 Å². The van der Waals surface area contributed by atoms with Crippen molar-refractivity contribution in [2.75, 3.05) is 7.11 Å². The zero-order chi connectivity index (χ0) is 9.68. The molecule has 13 heavy (non-hydrogen) atoms. The molecule has 70 valence electrons. The van der Waals surface area contributed by atoms with Gasteiger partial charge in [0.15, 0.2) is 0 Å². The van der Waals surface area contributed by atoms with E-state index in [1.54, 1.807) is 0 Å². The first kappa shape index (κ1) is 9.78. The number of ether oxygens (including phenoxy) is 1. The van der Waals surface area contributed by atoms with Gasteiger partial charge in [-0.1, -0.05) is 31.2 Å². The van der Waals surface area contributed by atoms with Crippen LogP contribution in [0.15, 0.2) is 24.3 Å². The second-order valence-corrected chi connectivity index (χ2v) is 2.93. The molecule has 0 aliphatic carbocycles. The molecule has 0 unspecified atom stereocenters. The third-order valence-corrected chi connectivity index (χ3v) is 1.98. The van der Waals surface area contributed by atoms with Crippen molar-refractivity contribution in [2.45, 2.75) is 19.8 Å². The van der Waals surface area contributed by atoms with E-state index in [1.165, 1.54) is 12.7 Å². The van der Waals surface area contributed by atoms with E-state index < -0.39 is 0 Å². The molecule has 0 heterocycles. The van der Waals surface area contributed by atoms with Gasteiger partial charge in [-0.05, 0) is 17.5 Å².